The van der Waals surface area contributed by atoms with Gasteiger partial charge in [-0.15, -0.1) is 17.5 Å². The third-order valence-electron chi connectivity index (χ3n) is 3.29. The van der Waals surface area contributed by atoms with Crippen LogP contribution >= 0.6 is 12.4 Å². The third-order valence-corrected chi connectivity index (χ3v) is 3.29. The number of para-hydroxylation sites is 1. The quantitative estimate of drug-likeness (QED) is 0.849. The molecule has 120 valence electrons. The van der Waals surface area contributed by atoms with Gasteiger partial charge < -0.3 is 10.6 Å². The van der Waals surface area contributed by atoms with E-state index in [0.717, 1.165) is 11.4 Å². The van der Waals surface area contributed by atoms with Crippen LogP contribution in [0.4, 0.5) is 0 Å². The van der Waals surface area contributed by atoms with Crippen molar-refractivity contribution in [1.82, 2.24) is 25.6 Å². The van der Waals surface area contributed by atoms with Crippen molar-refractivity contribution in [3.05, 3.63) is 42.2 Å². The Morgan fingerprint density at radius 3 is 2.59 bits per heavy atom. The first-order valence-electron chi connectivity index (χ1n) is 7.04. The van der Waals surface area contributed by atoms with E-state index < -0.39 is 0 Å². The molecule has 1 aromatic heterocycles. The minimum Gasteiger partial charge on any atom is -0.348 e. The van der Waals surface area contributed by atoms with Gasteiger partial charge in [-0.3, -0.25) is 4.79 Å². The van der Waals surface area contributed by atoms with Crippen LogP contribution in [0.15, 0.2) is 36.5 Å². The molecule has 0 bridgehead atoms. The van der Waals surface area contributed by atoms with E-state index >= 15 is 0 Å². The van der Waals surface area contributed by atoms with E-state index in [4.69, 9.17) is 0 Å². The second-order valence-electron chi connectivity index (χ2n) is 5.11. The van der Waals surface area contributed by atoms with Crippen LogP contribution in [0.5, 0.6) is 0 Å². The summed E-state index contributed by atoms with van der Waals surface area (Å²) < 4.78 is 1.70. The molecule has 1 aromatic carbocycles. The summed E-state index contributed by atoms with van der Waals surface area (Å²) in [6.45, 7) is 4.44. The fraction of sp³-hybridized carbons (Fsp3) is 0.400. The smallest absolute Gasteiger partial charge is 0.224 e. The Morgan fingerprint density at radius 2 is 1.95 bits per heavy atom. The van der Waals surface area contributed by atoms with E-state index in [1.54, 1.807) is 4.68 Å². The molecule has 0 radical (unpaired) electrons. The summed E-state index contributed by atoms with van der Waals surface area (Å²) in [5, 5.41) is 14.2. The van der Waals surface area contributed by atoms with Crippen molar-refractivity contribution in [2.75, 3.05) is 13.6 Å². The first kappa shape index (κ1) is 18.1. The van der Waals surface area contributed by atoms with E-state index in [0.29, 0.717) is 6.54 Å². The molecule has 0 aliphatic carbocycles. The number of halogens is 1. The van der Waals surface area contributed by atoms with E-state index in [1.165, 1.54) is 0 Å². The van der Waals surface area contributed by atoms with Crippen molar-refractivity contribution >= 4 is 18.3 Å². The Morgan fingerprint density at radius 1 is 1.27 bits per heavy atom. The van der Waals surface area contributed by atoms with E-state index in [9.17, 15) is 4.79 Å². The van der Waals surface area contributed by atoms with Gasteiger partial charge in [-0.05, 0) is 26.1 Å². The predicted molar refractivity (Wildman–Crippen MR) is 88.3 cm³/mol. The molecule has 6 nitrogen and oxygen atoms in total. The number of nitrogens with one attached hydrogen (secondary N) is 2. The number of carbonyl (C=O) groups excluding carboxylic acids is 1. The van der Waals surface area contributed by atoms with Crippen LogP contribution in [0.1, 0.15) is 25.6 Å². The lowest BCUT2D eigenvalue weighted by Gasteiger charge is -2.15. The molecule has 0 aliphatic rings. The molecular weight excluding hydrogens is 302 g/mol. The lowest BCUT2D eigenvalue weighted by molar-refractivity contribution is -0.125. The average Bonchev–Trinajstić information content (AvgIpc) is 2.98. The Balaban J connectivity index is 0.00000242. The van der Waals surface area contributed by atoms with Gasteiger partial charge in [-0.2, -0.15) is 0 Å². The number of hydrogen-bond donors (Lipinski definition) is 2. The number of aromatic nitrogens is 3. The topological polar surface area (TPSA) is 71.8 Å². The summed E-state index contributed by atoms with van der Waals surface area (Å²) in [4.78, 5) is 12.0. The van der Waals surface area contributed by atoms with Crippen LogP contribution in [0.3, 0.4) is 0 Å². The molecule has 0 spiro atoms. The van der Waals surface area contributed by atoms with Crippen LogP contribution < -0.4 is 10.6 Å². The molecule has 2 rings (SSSR count). The van der Waals surface area contributed by atoms with Crippen LogP contribution in [0, 0.1) is 5.92 Å². The van der Waals surface area contributed by atoms with Gasteiger partial charge in [-0.25, -0.2) is 4.68 Å². The molecule has 2 atom stereocenters. The molecule has 0 aliphatic heterocycles. The number of amides is 1. The van der Waals surface area contributed by atoms with Gasteiger partial charge in [0.15, 0.2) is 0 Å². The highest BCUT2D eigenvalue weighted by atomic mass is 35.5. The predicted octanol–water partition coefficient (Wildman–Crippen LogP) is 1.72. The summed E-state index contributed by atoms with van der Waals surface area (Å²) in [7, 11) is 1.83. The third kappa shape index (κ3) is 4.54. The zero-order chi connectivity index (χ0) is 15.2. The van der Waals surface area contributed by atoms with Gasteiger partial charge in [0.25, 0.3) is 0 Å². The summed E-state index contributed by atoms with van der Waals surface area (Å²) >= 11 is 0. The zero-order valence-corrected chi connectivity index (χ0v) is 13.8. The van der Waals surface area contributed by atoms with Crippen molar-refractivity contribution in [3.63, 3.8) is 0 Å². The Bertz CT molecular complexity index is 587. The molecular formula is C15H22ClN5O. The van der Waals surface area contributed by atoms with Gasteiger partial charge in [0.2, 0.25) is 5.91 Å². The molecule has 2 unspecified atom stereocenters. The van der Waals surface area contributed by atoms with Crippen molar-refractivity contribution < 1.29 is 4.79 Å². The highest BCUT2D eigenvalue weighted by Crippen LogP contribution is 2.12. The maximum Gasteiger partial charge on any atom is 0.224 e. The Kier molecular flexibility index (Phi) is 7.01. The summed E-state index contributed by atoms with van der Waals surface area (Å²) in [6, 6.07) is 9.58. The first-order valence-corrected chi connectivity index (χ1v) is 7.04. The van der Waals surface area contributed by atoms with E-state index in [-0.39, 0.29) is 30.3 Å². The highest BCUT2D eigenvalue weighted by molar-refractivity contribution is 5.85. The summed E-state index contributed by atoms with van der Waals surface area (Å²) in [6.07, 6.45) is 1.84. The number of carbonyl (C=O) groups is 1. The molecule has 2 N–H and O–H groups in total. The van der Waals surface area contributed by atoms with Gasteiger partial charge in [0, 0.05) is 12.5 Å². The van der Waals surface area contributed by atoms with Gasteiger partial charge >= 0.3 is 0 Å². The minimum atomic E-state index is -0.172. The van der Waals surface area contributed by atoms with Gasteiger partial charge in [0.05, 0.1) is 17.9 Å². The maximum atomic E-state index is 12.0. The Hall–Kier alpha value is -1.92. The van der Waals surface area contributed by atoms with Crippen molar-refractivity contribution in [3.8, 4) is 5.69 Å². The largest absolute Gasteiger partial charge is 0.348 e. The minimum absolute atomic E-state index is 0. The Labute approximate surface area is 136 Å². The molecule has 0 saturated carbocycles. The number of hydrogen-bond acceptors (Lipinski definition) is 4. The fourth-order valence-electron chi connectivity index (χ4n) is 2.01. The molecule has 1 heterocycles. The molecule has 22 heavy (non-hydrogen) atoms. The summed E-state index contributed by atoms with van der Waals surface area (Å²) in [5.74, 6) is -0.0762. The molecule has 0 fully saturated rings. The number of nitrogens with zero attached hydrogens (tertiary/aromatic N) is 3. The number of benzene rings is 1. The standard InChI is InChI=1S/C15H21N5O.ClH/c1-11(9-16-3)15(21)17-12(2)14-10-20(19-18-14)13-7-5-4-6-8-13;/h4-8,10-12,16H,9H2,1-3H3,(H,17,21);1H. The van der Waals surface area contributed by atoms with Crippen LogP contribution in [0.25, 0.3) is 5.69 Å². The molecule has 2 aromatic rings. The first-order chi connectivity index (χ1) is 10.1. The lowest BCUT2D eigenvalue weighted by Crippen LogP contribution is -2.35. The SMILES string of the molecule is CNCC(C)C(=O)NC(C)c1cn(-c2ccccc2)nn1.Cl. The monoisotopic (exact) mass is 323 g/mol. The fourth-order valence-corrected chi connectivity index (χ4v) is 2.01. The van der Waals surface area contributed by atoms with Crippen molar-refractivity contribution in [2.24, 2.45) is 5.92 Å². The molecule has 0 saturated heterocycles. The van der Waals surface area contributed by atoms with Crippen LogP contribution in [-0.4, -0.2) is 34.5 Å². The highest BCUT2D eigenvalue weighted by Gasteiger charge is 2.17. The van der Waals surface area contributed by atoms with Gasteiger partial charge in [0.1, 0.15) is 5.69 Å². The van der Waals surface area contributed by atoms with Crippen LogP contribution in [0.2, 0.25) is 0 Å². The van der Waals surface area contributed by atoms with Crippen molar-refractivity contribution in [2.45, 2.75) is 19.9 Å². The van der Waals surface area contributed by atoms with E-state index in [1.807, 2.05) is 57.4 Å². The lowest BCUT2D eigenvalue weighted by atomic mass is 10.1. The second-order valence-corrected chi connectivity index (χ2v) is 5.11. The second kappa shape index (κ2) is 8.51. The molecule has 7 heteroatoms. The zero-order valence-electron chi connectivity index (χ0n) is 13.0. The van der Waals surface area contributed by atoms with E-state index in [2.05, 4.69) is 20.9 Å². The average molecular weight is 324 g/mol. The van der Waals surface area contributed by atoms with Crippen molar-refractivity contribution in [1.29, 1.82) is 0 Å². The maximum absolute atomic E-state index is 12.0. The normalized spacial score (nSPS) is 13.0. The number of rotatable bonds is 6. The van der Waals surface area contributed by atoms with Gasteiger partial charge in [-0.1, -0.05) is 30.3 Å². The summed E-state index contributed by atoms with van der Waals surface area (Å²) in [5.41, 5.74) is 1.68. The molecule has 1 amide bonds. The van der Waals surface area contributed by atoms with Crippen LogP contribution in [-0.2, 0) is 4.79 Å².